The Hall–Kier alpha value is -0.880. The van der Waals surface area contributed by atoms with E-state index in [0.29, 0.717) is 6.61 Å². The number of fused-ring (bicyclic) bond motifs is 1. The molecule has 0 saturated carbocycles. The van der Waals surface area contributed by atoms with E-state index in [-0.39, 0.29) is 11.4 Å². The Morgan fingerprint density at radius 2 is 1.84 bits per heavy atom. The number of ether oxygens (including phenoxy) is 1. The second-order valence-corrected chi connectivity index (χ2v) is 6.85. The van der Waals surface area contributed by atoms with Crippen LogP contribution in [0.5, 0.6) is 0 Å². The predicted octanol–water partition coefficient (Wildman–Crippen LogP) is 3.69. The van der Waals surface area contributed by atoms with Crippen LogP contribution in [0.3, 0.4) is 0 Å². The van der Waals surface area contributed by atoms with Crippen LogP contribution in [0.4, 0.5) is 0 Å². The van der Waals surface area contributed by atoms with Gasteiger partial charge in [-0.3, -0.25) is 4.79 Å². The summed E-state index contributed by atoms with van der Waals surface area (Å²) < 4.78 is 6.27. The highest BCUT2D eigenvalue weighted by Crippen LogP contribution is 2.41. The zero-order valence-electron chi connectivity index (χ0n) is 11.7. The summed E-state index contributed by atoms with van der Waals surface area (Å²) in [5.41, 5.74) is 2.51. The van der Waals surface area contributed by atoms with Crippen LogP contribution in [0.2, 0.25) is 0 Å². The van der Waals surface area contributed by atoms with Crippen molar-refractivity contribution >= 4 is 34.2 Å². The Labute approximate surface area is 127 Å². The molecule has 1 amide bonds. The highest BCUT2D eigenvalue weighted by molar-refractivity contribution is 14.1. The summed E-state index contributed by atoms with van der Waals surface area (Å²) >= 11 is 2.27. The number of nitrogens with zero attached hydrogens (tertiary/aromatic N) is 1. The average molecular weight is 371 g/mol. The van der Waals surface area contributed by atoms with Gasteiger partial charge in [0.1, 0.15) is 0 Å². The Kier molecular flexibility index (Phi) is 4.01. The van der Waals surface area contributed by atoms with E-state index in [2.05, 4.69) is 22.6 Å². The van der Waals surface area contributed by atoms with Crippen LogP contribution in [0.25, 0.3) is 5.70 Å². The third kappa shape index (κ3) is 2.56. The fourth-order valence-electron chi connectivity index (χ4n) is 2.32. The lowest BCUT2D eigenvalue weighted by atomic mass is 10.1. The normalized spacial score (nSPS) is 17.7. The van der Waals surface area contributed by atoms with E-state index in [0.717, 1.165) is 20.4 Å². The molecule has 1 aromatic carbocycles. The molecule has 2 rings (SSSR count). The Balaban J connectivity index is 2.65. The molecule has 0 bridgehead atoms. The molecule has 3 nitrogen and oxygen atoms in total. The molecule has 0 atom stereocenters. The maximum Gasteiger partial charge on any atom is 0.259 e. The molecule has 1 aromatic rings. The molecule has 0 aliphatic carbocycles. The summed E-state index contributed by atoms with van der Waals surface area (Å²) in [4.78, 5) is 14.5. The van der Waals surface area contributed by atoms with E-state index in [1.807, 2.05) is 49.9 Å². The molecule has 0 fully saturated rings. The van der Waals surface area contributed by atoms with E-state index >= 15 is 0 Å². The smallest absolute Gasteiger partial charge is 0.259 e. The first-order valence-electron chi connectivity index (χ1n) is 6.19. The molecule has 0 aromatic heterocycles. The summed E-state index contributed by atoms with van der Waals surface area (Å²) in [5.74, 6) is 0.0726. The largest absolute Gasteiger partial charge is 0.379 e. The molecule has 0 radical (unpaired) electrons. The van der Waals surface area contributed by atoms with E-state index in [9.17, 15) is 4.79 Å². The van der Waals surface area contributed by atoms with E-state index in [1.165, 1.54) is 0 Å². The molecule has 0 saturated heterocycles. The zero-order chi connectivity index (χ0) is 14.2. The van der Waals surface area contributed by atoms with E-state index in [4.69, 9.17) is 4.74 Å². The van der Waals surface area contributed by atoms with Crippen molar-refractivity contribution in [1.82, 2.24) is 4.90 Å². The van der Waals surface area contributed by atoms with Gasteiger partial charge in [-0.1, -0.05) is 18.2 Å². The third-order valence-corrected chi connectivity index (χ3v) is 3.86. The van der Waals surface area contributed by atoms with Crippen molar-refractivity contribution in [2.45, 2.75) is 26.3 Å². The van der Waals surface area contributed by atoms with Crippen LogP contribution in [0.15, 0.2) is 27.8 Å². The number of rotatable bonds is 2. The Morgan fingerprint density at radius 3 is 2.37 bits per heavy atom. The molecule has 0 spiro atoms. The van der Waals surface area contributed by atoms with Crippen molar-refractivity contribution in [3.05, 3.63) is 39.0 Å². The minimum absolute atomic E-state index is 0.0726. The monoisotopic (exact) mass is 371 g/mol. The van der Waals surface area contributed by atoms with Crippen LogP contribution in [0, 0.1) is 0 Å². The standard InChI is InChI=1S/C15H18INO2/c1-15(2,3)17-13(12(16)9-19-4)10-7-5-6-8-11(10)14(17)18/h5-8H,9H2,1-4H3/b13-12+. The second kappa shape index (κ2) is 5.25. The summed E-state index contributed by atoms with van der Waals surface area (Å²) in [6.45, 7) is 6.67. The van der Waals surface area contributed by atoms with Gasteiger partial charge in [-0.05, 0) is 49.4 Å². The van der Waals surface area contributed by atoms with Gasteiger partial charge in [-0.25, -0.2) is 0 Å². The molecule has 0 unspecified atom stereocenters. The lowest BCUT2D eigenvalue weighted by Crippen LogP contribution is -2.41. The summed E-state index contributed by atoms with van der Waals surface area (Å²) in [6.07, 6.45) is 0. The first-order chi connectivity index (χ1) is 8.88. The topological polar surface area (TPSA) is 29.5 Å². The van der Waals surface area contributed by atoms with Crippen molar-refractivity contribution in [2.24, 2.45) is 0 Å². The fraction of sp³-hybridized carbons (Fsp3) is 0.400. The first kappa shape index (κ1) is 14.5. The average Bonchev–Trinajstić information content (AvgIpc) is 2.63. The minimum atomic E-state index is -0.254. The van der Waals surface area contributed by atoms with Gasteiger partial charge in [0.25, 0.3) is 5.91 Å². The molecule has 4 heteroatoms. The van der Waals surface area contributed by atoms with Crippen LogP contribution in [-0.4, -0.2) is 30.1 Å². The number of methoxy groups -OCH3 is 1. The molecular weight excluding hydrogens is 353 g/mol. The quantitative estimate of drug-likeness (QED) is 0.743. The number of benzene rings is 1. The highest BCUT2D eigenvalue weighted by Gasteiger charge is 2.39. The molecular formula is C15H18INO2. The number of amides is 1. The summed E-state index contributed by atoms with van der Waals surface area (Å²) in [6, 6.07) is 7.77. The lowest BCUT2D eigenvalue weighted by molar-refractivity contribution is 0.0748. The van der Waals surface area contributed by atoms with Gasteiger partial charge < -0.3 is 9.64 Å². The van der Waals surface area contributed by atoms with Crippen LogP contribution in [-0.2, 0) is 4.74 Å². The Morgan fingerprint density at radius 1 is 1.26 bits per heavy atom. The van der Waals surface area contributed by atoms with Crippen LogP contribution in [0.1, 0.15) is 36.7 Å². The van der Waals surface area contributed by atoms with Crippen molar-refractivity contribution in [1.29, 1.82) is 0 Å². The molecule has 102 valence electrons. The van der Waals surface area contributed by atoms with Crippen molar-refractivity contribution < 1.29 is 9.53 Å². The van der Waals surface area contributed by atoms with Gasteiger partial charge >= 0.3 is 0 Å². The highest BCUT2D eigenvalue weighted by atomic mass is 127. The van der Waals surface area contributed by atoms with Gasteiger partial charge in [-0.2, -0.15) is 0 Å². The van der Waals surface area contributed by atoms with Gasteiger partial charge in [0.15, 0.2) is 0 Å². The van der Waals surface area contributed by atoms with Crippen molar-refractivity contribution in [2.75, 3.05) is 13.7 Å². The van der Waals surface area contributed by atoms with Crippen molar-refractivity contribution in [3.8, 4) is 0 Å². The van der Waals surface area contributed by atoms with E-state index in [1.54, 1.807) is 7.11 Å². The third-order valence-electron chi connectivity index (χ3n) is 3.04. The zero-order valence-corrected chi connectivity index (χ0v) is 13.8. The van der Waals surface area contributed by atoms with Crippen LogP contribution >= 0.6 is 22.6 Å². The number of hydrogen-bond acceptors (Lipinski definition) is 2. The predicted molar refractivity (Wildman–Crippen MR) is 85.2 cm³/mol. The summed E-state index contributed by atoms with van der Waals surface area (Å²) in [7, 11) is 1.67. The SMILES string of the molecule is COC/C(I)=C1/c2ccccc2C(=O)N1C(C)(C)C. The number of hydrogen-bond donors (Lipinski definition) is 0. The number of carbonyl (C=O) groups excluding carboxylic acids is 1. The Bertz CT molecular complexity index is 543. The van der Waals surface area contributed by atoms with Gasteiger partial charge in [0, 0.05) is 27.4 Å². The lowest BCUT2D eigenvalue weighted by Gasteiger charge is -2.33. The maximum atomic E-state index is 12.6. The number of halogens is 1. The molecule has 1 aliphatic heterocycles. The van der Waals surface area contributed by atoms with Gasteiger partial charge in [0.05, 0.1) is 12.3 Å². The minimum Gasteiger partial charge on any atom is -0.379 e. The molecule has 0 N–H and O–H groups in total. The molecule has 1 aliphatic rings. The van der Waals surface area contributed by atoms with Gasteiger partial charge in [0.2, 0.25) is 0 Å². The second-order valence-electron chi connectivity index (χ2n) is 5.54. The van der Waals surface area contributed by atoms with Crippen molar-refractivity contribution in [3.63, 3.8) is 0 Å². The first-order valence-corrected chi connectivity index (χ1v) is 7.27. The van der Waals surface area contributed by atoms with Gasteiger partial charge in [-0.15, -0.1) is 0 Å². The van der Waals surface area contributed by atoms with E-state index < -0.39 is 0 Å². The maximum absolute atomic E-state index is 12.6. The summed E-state index contributed by atoms with van der Waals surface area (Å²) in [5, 5.41) is 0. The van der Waals surface area contributed by atoms with Crippen LogP contribution < -0.4 is 0 Å². The molecule has 1 heterocycles. The molecule has 19 heavy (non-hydrogen) atoms. The number of carbonyl (C=O) groups is 1. The fourth-order valence-corrected chi connectivity index (χ4v) is 3.16.